The van der Waals surface area contributed by atoms with Crippen LogP contribution in [0.15, 0.2) is 52.4 Å². The van der Waals surface area contributed by atoms with E-state index in [1.807, 2.05) is 19.1 Å². The number of amides is 1. The number of amidine groups is 1. The summed E-state index contributed by atoms with van der Waals surface area (Å²) in [6, 6.07) is 11.4. The molecule has 1 amide bonds. The molecular weight excluding hydrogens is 340 g/mol. The molecule has 0 unspecified atom stereocenters. The van der Waals surface area contributed by atoms with Crippen LogP contribution in [0, 0.1) is 0 Å². The second-order valence-electron chi connectivity index (χ2n) is 5.15. The first-order valence-electron chi connectivity index (χ1n) is 7.59. The van der Waals surface area contributed by atoms with Gasteiger partial charge in [0, 0.05) is 11.6 Å². The van der Waals surface area contributed by atoms with E-state index in [9.17, 15) is 15.0 Å². The SMILES string of the molecule is CCOc1ccc(N=C2NC(=O)/C(=C/c3ccc(O)cc3O)S2)cc1. The Kier molecular flexibility index (Phi) is 4.95. The van der Waals surface area contributed by atoms with E-state index in [1.165, 1.54) is 30.0 Å². The molecule has 128 valence electrons. The van der Waals surface area contributed by atoms with E-state index in [-0.39, 0.29) is 17.4 Å². The molecule has 0 spiro atoms. The Hall–Kier alpha value is -2.93. The van der Waals surface area contributed by atoms with Crippen LogP contribution in [-0.4, -0.2) is 27.9 Å². The van der Waals surface area contributed by atoms with Crippen molar-refractivity contribution in [3.8, 4) is 17.2 Å². The molecule has 1 heterocycles. The van der Waals surface area contributed by atoms with Crippen molar-refractivity contribution in [1.82, 2.24) is 5.32 Å². The predicted octanol–water partition coefficient (Wildman–Crippen LogP) is 3.39. The summed E-state index contributed by atoms with van der Waals surface area (Å²) in [5.41, 5.74) is 1.14. The predicted molar refractivity (Wildman–Crippen MR) is 98.2 cm³/mol. The van der Waals surface area contributed by atoms with Crippen molar-refractivity contribution in [1.29, 1.82) is 0 Å². The number of ether oxygens (including phenoxy) is 1. The number of carbonyl (C=O) groups excluding carboxylic acids is 1. The molecular formula is C18H16N2O4S. The van der Waals surface area contributed by atoms with Crippen molar-refractivity contribution >= 4 is 34.6 Å². The van der Waals surface area contributed by atoms with Gasteiger partial charge < -0.3 is 20.3 Å². The maximum absolute atomic E-state index is 12.1. The van der Waals surface area contributed by atoms with Crippen LogP contribution in [0.3, 0.4) is 0 Å². The number of carbonyl (C=O) groups is 1. The highest BCUT2D eigenvalue weighted by Gasteiger charge is 2.24. The Morgan fingerprint density at radius 1 is 1.20 bits per heavy atom. The summed E-state index contributed by atoms with van der Waals surface area (Å²) in [6.07, 6.45) is 1.55. The summed E-state index contributed by atoms with van der Waals surface area (Å²) >= 11 is 1.18. The molecule has 0 atom stereocenters. The van der Waals surface area contributed by atoms with Gasteiger partial charge in [0.1, 0.15) is 17.2 Å². The van der Waals surface area contributed by atoms with Crippen LogP contribution >= 0.6 is 11.8 Å². The van der Waals surface area contributed by atoms with E-state index in [4.69, 9.17) is 4.74 Å². The number of thioether (sulfide) groups is 1. The van der Waals surface area contributed by atoms with Gasteiger partial charge in [0.2, 0.25) is 0 Å². The lowest BCUT2D eigenvalue weighted by Gasteiger charge is -2.02. The van der Waals surface area contributed by atoms with Gasteiger partial charge in [-0.05, 0) is 61.2 Å². The number of nitrogens with zero attached hydrogens (tertiary/aromatic N) is 1. The zero-order chi connectivity index (χ0) is 17.8. The Morgan fingerprint density at radius 3 is 2.64 bits per heavy atom. The van der Waals surface area contributed by atoms with Crippen LogP contribution in [-0.2, 0) is 4.79 Å². The van der Waals surface area contributed by atoms with Crippen molar-refractivity contribution in [3.63, 3.8) is 0 Å². The number of aromatic hydroxyl groups is 2. The molecule has 0 aliphatic carbocycles. The Morgan fingerprint density at radius 2 is 1.96 bits per heavy atom. The molecule has 0 bridgehead atoms. The number of phenolic OH excluding ortho intramolecular Hbond substituents is 2. The highest BCUT2D eigenvalue weighted by molar-refractivity contribution is 8.18. The van der Waals surface area contributed by atoms with Crippen LogP contribution in [0.25, 0.3) is 6.08 Å². The van der Waals surface area contributed by atoms with Crippen LogP contribution in [0.2, 0.25) is 0 Å². The maximum atomic E-state index is 12.1. The lowest BCUT2D eigenvalue weighted by Crippen LogP contribution is -2.19. The number of phenols is 2. The Labute approximate surface area is 148 Å². The quantitative estimate of drug-likeness (QED) is 0.731. The number of hydrogen-bond acceptors (Lipinski definition) is 6. The smallest absolute Gasteiger partial charge is 0.264 e. The zero-order valence-electron chi connectivity index (χ0n) is 13.4. The van der Waals surface area contributed by atoms with Crippen molar-refractivity contribution in [2.75, 3.05) is 6.61 Å². The summed E-state index contributed by atoms with van der Waals surface area (Å²) in [5, 5.41) is 22.3. The van der Waals surface area contributed by atoms with Gasteiger partial charge in [0.05, 0.1) is 17.2 Å². The van der Waals surface area contributed by atoms with E-state index in [1.54, 1.807) is 18.2 Å². The molecule has 1 aliphatic heterocycles. The van der Waals surface area contributed by atoms with Gasteiger partial charge in [-0.1, -0.05) is 0 Å². The molecule has 1 saturated heterocycles. The molecule has 1 fully saturated rings. The average molecular weight is 356 g/mol. The second-order valence-corrected chi connectivity index (χ2v) is 6.18. The fraction of sp³-hybridized carbons (Fsp3) is 0.111. The van der Waals surface area contributed by atoms with Gasteiger partial charge in [-0.2, -0.15) is 0 Å². The van der Waals surface area contributed by atoms with Gasteiger partial charge >= 0.3 is 0 Å². The van der Waals surface area contributed by atoms with Crippen LogP contribution in [0.4, 0.5) is 5.69 Å². The van der Waals surface area contributed by atoms with E-state index >= 15 is 0 Å². The molecule has 0 aromatic heterocycles. The first kappa shape index (κ1) is 16.9. The van der Waals surface area contributed by atoms with E-state index in [2.05, 4.69) is 10.3 Å². The molecule has 6 nitrogen and oxygen atoms in total. The highest BCUT2D eigenvalue weighted by Crippen LogP contribution is 2.31. The average Bonchev–Trinajstić information content (AvgIpc) is 2.92. The fourth-order valence-corrected chi connectivity index (χ4v) is 3.01. The van der Waals surface area contributed by atoms with E-state index in [0.29, 0.717) is 27.9 Å². The highest BCUT2D eigenvalue weighted by atomic mass is 32.2. The largest absolute Gasteiger partial charge is 0.508 e. The summed E-state index contributed by atoms with van der Waals surface area (Å²) in [7, 11) is 0. The first-order valence-corrected chi connectivity index (χ1v) is 8.41. The van der Waals surface area contributed by atoms with Crippen molar-refractivity contribution in [2.45, 2.75) is 6.92 Å². The normalized spacial score (nSPS) is 17.1. The monoisotopic (exact) mass is 356 g/mol. The third kappa shape index (κ3) is 4.13. The number of hydrogen-bond donors (Lipinski definition) is 3. The van der Waals surface area contributed by atoms with E-state index in [0.717, 1.165) is 5.75 Å². The minimum Gasteiger partial charge on any atom is -0.508 e. The maximum Gasteiger partial charge on any atom is 0.264 e. The van der Waals surface area contributed by atoms with Gasteiger partial charge in [-0.25, -0.2) is 4.99 Å². The first-order chi connectivity index (χ1) is 12.0. The third-order valence-electron chi connectivity index (χ3n) is 3.33. The molecule has 7 heteroatoms. The van der Waals surface area contributed by atoms with Gasteiger partial charge in [-0.3, -0.25) is 4.79 Å². The topological polar surface area (TPSA) is 91.2 Å². The fourth-order valence-electron chi connectivity index (χ4n) is 2.18. The second kappa shape index (κ2) is 7.31. The number of rotatable bonds is 4. The number of aliphatic imine (C=N–C) groups is 1. The number of nitrogens with one attached hydrogen (secondary N) is 1. The Balaban J connectivity index is 1.78. The molecule has 2 aromatic carbocycles. The number of benzene rings is 2. The van der Waals surface area contributed by atoms with Crippen LogP contribution < -0.4 is 10.1 Å². The summed E-state index contributed by atoms with van der Waals surface area (Å²) in [6.45, 7) is 2.51. The van der Waals surface area contributed by atoms with Crippen molar-refractivity contribution in [2.24, 2.45) is 4.99 Å². The lowest BCUT2D eigenvalue weighted by molar-refractivity contribution is -0.115. The van der Waals surface area contributed by atoms with Gasteiger partial charge in [0.15, 0.2) is 5.17 Å². The zero-order valence-corrected chi connectivity index (χ0v) is 14.2. The minimum absolute atomic E-state index is 0.0408. The third-order valence-corrected chi connectivity index (χ3v) is 4.24. The van der Waals surface area contributed by atoms with Gasteiger partial charge in [-0.15, -0.1) is 0 Å². The standard InChI is InChI=1S/C18H16N2O4S/c1-2-24-14-7-4-12(5-8-14)19-18-20-17(23)16(25-18)9-11-3-6-13(21)10-15(11)22/h3-10,21-22H,2H2,1H3,(H,19,20,23)/b16-9-. The van der Waals surface area contributed by atoms with Crippen LogP contribution in [0.1, 0.15) is 12.5 Å². The Bertz CT molecular complexity index is 860. The summed E-state index contributed by atoms with van der Waals surface area (Å²) < 4.78 is 5.38. The van der Waals surface area contributed by atoms with Gasteiger partial charge in [0.25, 0.3) is 5.91 Å². The van der Waals surface area contributed by atoms with E-state index < -0.39 is 0 Å². The molecule has 1 aliphatic rings. The van der Waals surface area contributed by atoms with Crippen molar-refractivity contribution < 1.29 is 19.7 Å². The molecule has 25 heavy (non-hydrogen) atoms. The van der Waals surface area contributed by atoms with Crippen molar-refractivity contribution in [3.05, 3.63) is 52.9 Å². The molecule has 3 N–H and O–H groups in total. The van der Waals surface area contributed by atoms with Crippen LogP contribution in [0.5, 0.6) is 17.2 Å². The minimum atomic E-state index is -0.290. The summed E-state index contributed by atoms with van der Waals surface area (Å²) in [4.78, 5) is 16.9. The molecule has 3 rings (SSSR count). The summed E-state index contributed by atoms with van der Waals surface area (Å²) in [5.74, 6) is 0.332. The molecule has 2 aromatic rings. The molecule has 0 radical (unpaired) electrons. The lowest BCUT2D eigenvalue weighted by atomic mass is 10.2. The molecule has 0 saturated carbocycles.